The Hall–Kier alpha value is -1.13. The molecule has 92 valence electrons. The SMILES string of the molecule is COc1ccc(C(=O)c2cc(Br)cc(Br)c2)cc1. The molecule has 0 atom stereocenters. The lowest BCUT2D eigenvalue weighted by Gasteiger charge is -2.04. The summed E-state index contributed by atoms with van der Waals surface area (Å²) in [5, 5.41) is 0. The van der Waals surface area contributed by atoms with Crippen molar-refractivity contribution in [3.8, 4) is 5.75 Å². The molecular formula is C14H10Br2O2. The van der Waals surface area contributed by atoms with Gasteiger partial charge >= 0.3 is 0 Å². The van der Waals surface area contributed by atoms with E-state index in [1.54, 1.807) is 43.5 Å². The van der Waals surface area contributed by atoms with E-state index in [-0.39, 0.29) is 5.78 Å². The molecular weight excluding hydrogens is 360 g/mol. The van der Waals surface area contributed by atoms with Crippen LogP contribution in [0.4, 0.5) is 0 Å². The van der Waals surface area contributed by atoms with E-state index in [1.807, 2.05) is 6.07 Å². The average Bonchev–Trinajstić information content (AvgIpc) is 2.37. The highest BCUT2D eigenvalue weighted by Crippen LogP contribution is 2.22. The number of methoxy groups -OCH3 is 1. The zero-order valence-electron chi connectivity index (χ0n) is 9.61. The predicted molar refractivity (Wildman–Crippen MR) is 78.3 cm³/mol. The predicted octanol–water partition coefficient (Wildman–Crippen LogP) is 4.45. The van der Waals surface area contributed by atoms with Crippen molar-refractivity contribution >= 4 is 37.6 Å². The maximum absolute atomic E-state index is 12.3. The fourth-order valence-electron chi connectivity index (χ4n) is 1.59. The van der Waals surface area contributed by atoms with Gasteiger partial charge in [0, 0.05) is 20.1 Å². The van der Waals surface area contributed by atoms with Gasteiger partial charge in [0.15, 0.2) is 5.78 Å². The zero-order chi connectivity index (χ0) is 13.1. The normalized spacial score (nSPS) is 10.2. The van der Waals surface area contributed by atoms with Crippen LogP contribution in [0.2, 0.25) is 0 Å². The van der Waals surface area contributed by atoms with E-state index < -0.39 is 0 Å². The van der Waals surface area contributed by atoms with Gasteiger partial charge in [-0.1, -0.05) is 31.9 Å². The van der Waals surface area contributed by atoms with Crippen LogP contribution in [0.15, 0.2) is 51.4 Å². The summed E-state index contributed by atoms with van der Waals surface area (Å²) in [6, 6.07) is 12.6. The molecule has 0 aliphatic rings. The molecule has 4 heteroatoms. The Labute approximate surface area is 122 Å². The van der Waals surface area contributed by atoms with Gasteiger partial charge in [-0.25, -0.2) is 0 Å². The first-order valence-corrected chi connectivity index (χ1v) is 6.83. The third kappa shape index (κ3) is 3.00. The molecule has 0 aromatic heterocycles. The van der Waals surface area contributed by atoms with Crippen molar-refractivity contribution in [2.75, 3.05) is 7.11 Å². The van der Waals surface area contributed by atoms with Gasteiger partial charge in [-0.15, -0.1) is 0 Å². The summed E-state index contributed by atoms with van der Waals surface area (Å²) < 4.78 is 6.80. The number of carbonyl (C=O) groups excluding carboxylic acids is 1. The number of hydrogen-bond donors (Lipinski definition) is 0. The second-order valence-electron chi connectivity index (χ2n) is 3.72. The maximum Gasteiger partial charge on any atom is 0.193 e. The summed E-state index contributed by atoms with van der Waals surface area (Å²) in [5.74, 6) is 0.724. The third-order valence-electron chi connectivity index (χ3n) is 2.48. The highest BCUT2D eigenvalue weighted by molar-refractivity contribution is 9.11. The lowest BCUT2D eigenvalue weighted by Crippen LogP contribution is -2.01. The molecule has 0 aliphatic heterocycles. The van der Waals surface area contributed by atoms with Crippen LogP contribution in [0.1, 0.15) is 15.9 Å². The molecule has 0 radical (unpaired) electrons. The Morgan fingerprint density at radius 3 is 2.00 bits per heavy atom. The minimum absolute atomic E-state index is 0.0142. The molecule has 0 bridgehead atoms. The monoisotopic (exact) mass is 368 g/mol. The summed E-state index contributed by atoms with van der Waals surface area (Å²) in [6.45, 7) is 0. The van der Waals surface area contributed by atoms with Crippen molar-refractivity contribution in [2.45, 2.75) is 0 Å². The van der Waals surface area contributed by atoms with Crippen molar-refractivity contribution in [3.63, 3.8) is 0 Å². The molecule has 2 aromatic rings. The summed E-state index contributed by atoms with van der Waals surface area (Å²) in [4.78, 5) is 12.3. The first-order chi connectivity index (χ1) is 8.60. The number of benzene rings is 2. The topological polar surface area (TPSA) is 26.3 Å². The largest absolute Gasteiger partial charge is 0.497 e. The van der Waals surface area contributed by atoms with Crippen molar-refractivity contribution in [1.82, 2.24) is 0 Å². The molecule has 0 N–H and O–H groups in total. The lowest BCUT2D eigenvalue weighted by atomic mass is 10.0. The van der Waals surface area contributed by atoms with Crippen LogP contribution in [0.3, 0.4) is 0 Å². The van der Waals surface area contributed by atoms with Gasteiger partial charge < -0.3 is 4.74 Å². The summed E-state index contributed by atoms with van der Waals surface area (Å²) >= 11 is 6.75. The van der Waals surface area contributed by atoms with Crippen molar-refractivity contribution in [3.05, 3.63) is 62.5 Å². The van der Waals surface area contributed by atoms with Crippen molar-refractivity contribution < 1.29 is 9.53 Å². The summed E-state index contributed by atoms with van der Waals surface area (Å²) in [5.41, 5.74) is 1.28. The second-order valence-corrected chi connectivity index (χ2v) is 5.55. The minimum Gasteiger partial charge on any atom is -0.497 e. The van der Waals surface area contributed by atoms with Gasteiger partial charge in [0.05, 0.1) is 7.11 Å². The van der Waals surface area contributed by atoms with Crippen LogP contribution >= 0.6 is 31.9 Å². The van der Waals surface area contributed by atoms with Gasteiger partial charge in [0.25, 0.3) is 0 Å². The third-order valence-corrected chi connectivity index (χ3v) is 3.39. The molecule has 0 fully saturated rings. The van der Waals surface area contributed by atoms with Crippen LogP contribution in [-0.2, 0) is 0 Å². The summed E-state index contributed by atoms with van der Waals surface area (Å²) in [7, 11) is 1.60. The van der Waals surface area contributed by atoms with Crippen LogP contribution in [0.25, 0.3) is 0 Å². The van der Waals surface area contributed by atoms with Crippen molar-refractivity contribution in [2.24, 2.45) is 0 Å². The first-order valence-electron chi connectivity index (χ1n) is 5.25. The van der Waals surface area contributed by atoms with Crippen LogP contribution in [0, 0.1) is 0 Å². The number of halogens is 2. The number of ketones is 1. The van der Waals surface area contributed by atoms with E-state index in [4.69, 9.17) is 4.74 Å². The maximum atomic E-state index is 12.3. The Morgan fingerprint density at radius 2 is 1.50 bits per heavy atom. The molecule has 2 nitrogen and oxygen atoms in total. The number of ether oxygens (including phenoxy) is 1. The minimum atomic E-state index is -0.0142. The Kier molecular flexibility index (Phi) is 4.19. The van der Waals surface area contributed by atoms with E-state index in [1.165, 1.54) is 0 Å². The standard InChI is InChI=1S/C14H10Br2O2/c1-18-13-4-2-9(3-5-13)14(17)10-6-11(15)8-12(16)7-10/h2-8H,1H3. The molecule has 18 heavy (non-hydrogen) atoms. The van der Waals surface area contributed by atoms with Crippen LogP contribution < -0.4 is 4.74 Å². The first kappa shape index (κ1) is 13.3. The van der Waals surface area contributed by atoms with Crippen LogP contribution in [-0.4, -0.2) is 12.9 Å². The highest BCUT2D eigenvalue weighted by atomic mass is 79.9. The molecule has 0 amide bonds. The molecule has 0 aliphatic carbocycles. The van der Waals surface area contributed by atoms with Gasteiger partial charge in [-0.05, 0) is 42.5 Å². The lowest BCUT2D eigenvalue weighted by molar-refractivity contribution is 0.103. The van der Waals surface area contributed by atoms with E-state index in [0.29, 0.717) is 11.1 Å². The molecule has 0 spiro atoms. The molecule has 2 rings (SSSR count). The van der Waals surface area contributed by atoms with E-state index >= 15 is 0 Å². The number of hydrogen-bond acceptors (Lipinski definition) is 2. The van der Waals surface area contributed by atoms with E-state index in [2.05, 4.69) is 31.9 Å². The zero-order valence-corrected chi connectivity index (χ0v) is 12.8. The Balaban J connectivity index is 2.34. The Morgan fingerprint density at radius 1 is 0.944 bits per heavy atom. The van der Waals surface area contributed by atoms with E-state index in [0.717, 1.165) is 14.7 Å². The van der Waals surface area contributed by atoms with Gasteiger partial charge in [-0.2, -0.15) is 0 Å². The Bertz CT molecular complexity index is 557. The number of carbonyl (C=O) groups is 1. The molecule has 0 saturated carbocycles. The fourth-order valence-corrected chi connectivity index (χ4v) is 2.89. The molecule has 0 saturated heterocycles. The number of rotatable bonds is 3. The molecule has 0 heterocycles. The van der Waals surface area contributed by atoms with Crippen molar-refractivity contribution in [1.29, 1.82) is 0 Å². The average molecular weight is 370 g/mol. The summed E-state index contributed by atoms with van der Waals surface area (Å²) in [6.07, 6.45) is 0. The van der Waals surface area contributed by atoms with Gasteiger partial charge in [0.2, 0.25) is 0 Å². The quantitative estimate of drug-likeness (QED) is 0.747. The molecule has 0 unspecified atom stereocenters. The second kappa shape index (κ2) is 5.67. The van der Waals surface area contributed by atoms with Crippen LogP contribution in [0.5, 0.6) is 5.75 Å². The van der Waals surface area contributed by atoms with Gasteiger partial charge in [0.1, 0.15) is 5.75 Å². The fraction of sp³-hybridized carbons (Fsp3) is 0.0714. The van der Waals surface area contributed by atoms with E-state index in [9.17, 15) is 4.79 Å². The molecule has 2 aromatic carbocycles. The van der Waals surface area contributed by atoms with Gasteiger partial charge in [-0.3, -0.25) is 4.79 Å². The highest BCUT2D eigenvalue weighted by Gasteiger charge is 2.10. The smallest absolute Gasteiger partial charge is 0.193 e.